The van der Waals surface area contributed by atoms with Gasteiger partial charge in [0.05, 0.1) is 47.6 Å². The number of aryl methyl sites for hydroxylation is 4. The third-order valence-corrected chi connectivity index (χ3v) is 8.66. The molecule has 0 aliphatic carbocycles. The SMILES string of the molecule is COc1ccc(C)cc1.COc1ccc(S(=O)(=O)O)cc1.COc1cccc(C)c1.COc1cccc(C)c1.COc1ccccc1C.COc1ccccc1COO. The molecule has 0 aromatic heterocycles. The molecule has 6 aromatic carbocycles. The molecule has 0 aliphatic rings. The van der Waals surface area contributed by atoms with Gasteiger partial charge in [-0.25, -0.2) is 4.89 Å². The van der Waals surface area contributed by atoms with Gasteiger partial charge in [-0.15, -0.1) is 0 Å². The molecular formula is C47H58O11S. The van der Waals surface area contributed by atoms with Crippen LogP contribution in [0, 0.1) is 27.7 Å². The van der Waals surface area contributed by atoms with Crippen LogP contribution < -0.4 is 28.4 Å². The van der Waals surface area contributed by atoms with Crippen molar-refractivity contribution in [1.29, 1.82) is 0 Å². The molecule has 11 nitrogen and oxygen atoms in total. The Morgan fingerprint density at radius 1 is 0.441 bits per heavy atom. The van der Waals surface area contributed by atoms with E-state index in [-0.39, 0.29) is 11.5 Å². The number of hydrogen-bond acceptors (Lipinski definition) is 10. The Labute approximate surface area is 350 Å². The predicted octanol–water partition coefficient (Wildman–Crippen LogP) is 10.6. The fourth-order valence-electron chi connectivity index (χ4n) is 4.58. The van der Waals surface area contributed by atoms with Crippen molar-refractivity contribution in [2.45, 2.75) is 39.2 Å². The lowest BCUT2D eigenvalue weighted by Crippen LogP contribution is -1.97. The molecule has 0 saturated heterocycles. The highest BCUT2D eigenvalue weighted by molar-refractivity contribution is 7.85. The first kappa shape index (κ1) is 51.0. The van der Waals surface area contributed by atoms with Crippen LogP contribution in [0.4, 0.5) is 0 Å². The van der Waals surface area contributed by atoms with Gasteiger partial charge in [-0.2, -0.15) is 8.42 Å². The highest BCUT2D eigenvalue weighted by Crippen LogP contribution is 2.18. The summed E-state index contributed by atoms with van der Waals surface area (Å²) in [4.78, 5) is 3.85. The number of methoxy groups -OCH3 is 6. The van der Waals surface area contributed by atoms with Gasteiger partial charge in [0.2, 0.25) is 0 Å². The molecule has 0 aliphatic heterocycles. The standard InChI is InChI=1S/C8H10O3.4C8H10O.C7H8O4S/c1-10-8-5-3-2-4-7(8)6-11-9;1-7-3-5-8(9-2)6-4-7;2*1-7-4-3-5-8(6-7)9-2;1-7-5-3-4-6-8(7)9-2;1-11-6-2-4-7(5-3-6)12(8,9)10/h2-5,9H,6H2,1H3;4*3-6H,1-2H3;2-5H,1H3,(H,8,9,10). The van der Waals surface area contributed by atoms with E-state index in [2.05, 4.69) is 11.8 Å². The van der Waals surface area contributed by atoms with E-state index in [0.29, 0.717) is 5.75 Å². The van der Waals surface area contributed by atoms with Crippen molar-refractivity contribution in [1.82, 2.24) is 0 Å². The van der Waals surface area contributed by atoms with Crippen LogP contribution in [0.3, 0.4) is 0 Å². The van der Waals surface area contributed by atoms with Crippen LogP contribution >= 0.6 is 0 Å². The lowest BCUT2D eigenvalue weighted by molar-refractivity contribution is -0.253. The van der Waals surface area contributed by atoms with Gasteiger partial charge in [-0.3, -0.25) is 9.81 Å². The zero-order valence-corrected chi connectivity index (χ0v) is 36.4. The number of hydrogen-bond donors (Lipinski definition) is 2. The van der Waals surface area contributed by atoms with Crippen LogP contribution in [-0.4, -0.2) is 60.9 Å². The normalized spacial score (nSPS) is 9.63. The van der Waals surface area contributed by atoms with E-state index in [1.54, 1.807) is 35.5 Å². The molecule has 0 bridgehead atoms. The van der Waals surface area contributed by atoms with Crippen molar-refractivity contribution in [2.24, 2.45) is 0 Å². The minimum Gasteiger partial charge on any atom is -0.497 e. The van der Waals surface area contributed by atoms with E-state index in [0.717, 1.165) is 34.3 Å². The number of rotatable bonds is 9. The third kappa shape index (κ3) is 21.9. The summed E-state index contributed by atoms with van der Waals surface area (Å²) in [7, 11) is 5.68. The lowest BCUT2D eigenvalue weighted by Gasteiger charge is -2.04. The van der Waals surface area contributed by atoms with E-state index in [9.17, 15) is 8.42 Å². The van der Waals surface area contributed by atoms with E-state index in [4.69, 9.17) is 38.2 Å². The van der Waals surface area contributed by atoms with Crippen molar-refractivity contribution in [3.05, 3.63) is 173 Å². The highest BCUT2D eigenvalue weighted by Gasteiger charge is 2.08. The van der Waals surface area contributed by atoms with E-state index in [1.807, 2.05) is 142 Å². The van der Waals surface area contributed by atoms with Crippen LogP contribution in [-0.2, 0) is 21.6 Å². The Bertz CT molecular complexity index is 2070. The van der Waals surface area contributed by atoms with Gasteiger partial charge in [0.15, 0.2) is 0 Å². The second kappa shape index (κ2) is 29.2. The summed E-state index contributed by atoms with van der Waals surface area (Å²) >= 11 is 0. The van der Waals surface area contributed by atoms with Crippen LogP contribution in [0.2, 0.25) is 0 Å². The van der Waals surface area contributed by atoms with Crippen molar-refractivity contribution in [2.75, 3.05) is 42.7 Å². The highest BCUT2D eigenvalue weighted by atomic mass is 32.2. The van der Waals surface area contributed by atoms with Crippen molar-refractivity contribution >= 4 is 10.1 Å². The molecule has 0 heterocycles. The third-order valence-electron chi connectivity index (χ3n) is 7.79. The first-order chi connectivity index (χ1) is 28.2. The van der Waals surface area contributed by atoms with E-state index < -0.39 is 10.1 Å². The second-order valence-electron chi connectivity index (χ2n) is 12.3. The van der Waals surface area contributed by atoms with Gasteiger partial charge < -0.3 is 28.4 Å². The molecule has 0 fully saturated rings. The first-order valence-corrected chi connectivity index (χ1v) is 19.6. The van der Waals surface area contributed by atoms with Gasteiger partial charge in [0, 0.05) is 5.56 Å². The van der Waals surface area contributed by atoms with Crippen molar-refractivity contribution in [3.8, 4) is 34.5 Å². The average molecular weight is 831 g/mol. The fourth-order valence-corrected chi connectivity index (χ4v) is 5.06. The molecule has 12 heteroatoms. The molecule has 6 aromatic rings. The number of ether oxygens (including phenoxy) is 6. The van der Waals surface area contributed by atoms with Crippen molar-refractivity contribution in [3.63, 3.8) is 0 Å². The van der Waals surface area contributed by atoms with Gasteiger partial charge in [-0.1, -0.05) is 78.4 Å². The van der Waals surface area contributed by atoms with Crippen LogP contribution in [0.5, 0.6) is 34.5 Å². The number of benzene rings is 6. The lowest BCUT2D eigenvalue weighted by atomic mass is 10.2. The first-order valence-electron chi connectivity index (χ1n) is 18.2. The fraction of sp³-hybridized carbons (Fsp3) is 0.234. The van der Waals surface area contributed by atoms with Crippen LogP contribution in [0.15, 0.2) is 150 Å². The van der Waals surface area contributed by atoms with Gasteiger partial charge in [0.1, 0.15) is 41.1 Å². The molecule has 0 unspecified atom stereocenters. The van der Waals surface area contributed by atoms with Gasteiger partial charge >= 0.3 is 0 Å². The van der Waals surface area contributed by atoms with Gasteiger partial charge in [-0.05, 0) is 117 Å². The zero-order valence-electron chi connectivity index (χ0n) is 35.5. The van der Waals surface area contributed by atoms with Crippen LogP contribution in [0.25, 0.3) is 0 Å². The summed E-state index contributed by atoms with van der Waals surface area (Å²) < 4.78 is 59.5. The minimum absolute atomic E-state index is 0.136. The van der Waals surface area contributed by atoms with E-state index >= 15 is 0 Å². The Morgan fingerprint density at radius 2 is 0.864 bits per heavy atom. The molecule has 318 valence electrons. The molecule has 0 amide bonds. The van der Waals surface area contributed by atoms with Crippen molar-refractivity contribution < 1.29 is 51.5 Å². The summed E-state index contributed by atoms with van der Waals surface area (Å²) in [5.74, 6) is 4.99. The molecule has 0 atom stereocenters. The quantitative estimate of drug-likeness (QED) is 0.0817. The predicted molar refractivity (Wildman–Crippen MR) is 234 cm³/mol. The molecule has 0 radical (unpaired) electrons. The summed E-state index contributed by atoms with van der Waals surface area (Å²) in [6.07, 6.45) is 0. The summed E-state index contributed by atoms with van der Waals surface area (Å²) in [5, 5.41) is 8.18. The molecule has 6 rings (SSSR count). The maximum Gasteiger partial charge on any atom is 0.294 e. The summed E-state index contributed by atoms with van der Waals surface area (Å²) in [6.45, 7) is 8.33. The largest absolute Gasteiger partial charge is 0.497 e. The molecule has 59 heavy (non-hydrogen) atoms. The maximum atomic E-state index is 10.5. The van der Waals surface area contributed by atoms with E-state index in [1.165, 1.54) is 53.6 Å². The molecule has 0 spiro atoms. The monoisotopic (exact) mass is 830 g/mol. The molecular weight excluding hydrogens is 773 g/mol. The molecule has 2 N–H and O–H groups in total. The Balaban J connectivity index is 0.000000355. The Morgan fingerprint density at radius 3 is 1.22 bits per heavy atom. The smallest absolute Gasteiger partial charge is 0.294 e. The number of para-hydroxylation sites is 2. The van der Waals surface area contributed by atoms with Gasteiger partial charge in [0.25, 0.3) is 10.1 Å². The second-order valence-corrected chi connectivity index (χ2v) is 13.7. The Kier molecular flexibility index (Phi) is 25.2. The zero-order chi connectivity index (χ0) is 44.1. The van der Waals surface area contributed by atoms with Crippen LogP contribution in [0.1, 0.15) is 27.8 Å². The maximum absolute atomic E-state index is 10.5. The topological polar surface area (TPSA) is 139 Å². The minimum atomic E-state index is -4.08. The molecule has 0 saturated carbocycles. The summed E-state index contributed by atoms with van der Waals surface area (Å²) in [6, 6.07) is 44.7. The summed E-state index contributed by atoms with van der Waals surface area (Å²) in [5.41, 5.74) is 5.73. The average Bonchev–Trinajstić information content (AvgIpc) is 3.25. The Hall–Kier alpha value is -6.05.